The molecule has 0 fully saturated rings. The number of primary amides is 1. The van der Waals surface area contributed by atoms with Gasteiger partial charge in [-0.1, -0.05) is 12.1 Å². The van der Waals surface area contributed by atoms with Crippen molar-refractivity contribution in [3.63, 3.8) is 0 Å². The van der Waals surface area contributed by atoms with Gasteiger partial charge in [0.1, 0.15) is 0 Å². The molecule has 0 radical (unpaired) electrons. The van der Waals surface area contributed by atoms with Crippen LogP contribution in [0.2, 0.25) is 0 Å². The number of hydrogen-bond donors (Lipinski definition) is 1. The second kappa shape index (κ2) is 5.28. The van der Waals surface area contributed by atoms with E-state index in [1.54, 1.807) is 0 Å². The van der Waals surface area contributed by atoms with E-state index in [0.29, 0.717) is 5.56 Å². The normalized spacial score (nSPS) is 11.5. The maximum absolute atomic E-state index is 12.0. The number of nitrogens with zero attached hydrogens (tertiary/aromatic N) is 1. The largest absolute Gasteiger partial charge is 0.369 e. The van der Waals surface area contributed by atoms with Crippen molar-refractivity contribution >= 4 is 21.7 Å². The highest BCUT2D eigenvalue weighted by atomic mass is 32.2. The van der Waals surface area contributed by atoms with E-state index in [0.717, 1.165) is 4.31 Å². The molecule has 6 nitrogen and oxygen atoms in total. The molecular formula is C11H14N2O4S. The topological polar surface area (TPSA) is 97.5 Å². The molecule has 0 aliphatic carbocycles. The lowest BCUT2D eigenvalue weighted by Crippen LogP contribution is -2.35. The fourth-order valence-corrected chi connectivity index (χ4v) is 2.48. The number of Topliss-reactive ketones (excluding diaryl/α,β-unsaturated/α-hetero) is 1. The van der Waals surface area contributed by atoms with Crippen LogP contribution in [0.3, 0.4) is 0 Å². The summed E-state index contributed by atoms with van der Waals surface area (Å²) in [6, 6.07) is 5.49. The molecule has 0 heterocycles. The van der Waals surface area contributed by atoms with Gasteiger partial charge in [0.2, 0.25) is 15.9 Å². The van der Waals surface area contributed by atoms with Gasteiger partial charge in [0.15, 0.2) is 5.78 Å². The maximum atomic E-state index is 12.0. The van der Waals surface area contributed by atoms with Crippen LogP contribution in [-0.2, 0) is 14.8 Å². The number of hydrogen-bond acceptors (Lipinski definition) is 4. The summed E-state index contributed by atoms with van der Waals surface area (Å²) in [5.74, 6) is -0.883. The van der Waals surface area contributed by atoms with Gasteiger partial charge in [0.25, 0.3) is 0 Å². The minimum Gasteiger partial charge on any atom is -0.369 e. The third-order valence-corrected chi connectivity index (χ3v) is 4.17. The number of amides is 1. The van der Waals surface area contributed by atoms with E-state index >= 15 is 0 Å². The van der Waals surface area contributed by atoms with E-state index in [1.807, 2.05) is 0 Å². The Morgan fingerprint density at radius 3 is 2.11 bits per heavy atom. The molecule has 0 saturated carbocycles. The summed E-state index contributed by atoms with van der Waals surface area (Å²) in [5, 5.41) is 0. The predicted molar refractivity (Wildman–Crippen MR) is 65.5 cm³/mol. The van der Waals surface area contributed by atoms with E-state index in [4.69, 9.17) is 5.73 Å². The van der Waals surface area contributed by atoms with Gasteiger partial charge >= 0.3 is 0 Å². The van der Waals surface area contributed by atoms with Gasteiger partial charge < -0.3 is 5.73 Å². The van der Waals surface area contributed by atoms with Crippen molar-refractivity contribution in [1.29, 1.82) is 0 Å². The second-order valence-electron chi connectivity index (χ2n) is 3.81. The van der Waals surface area contributed by atoms with Crippen molar-refractivity contribution in [2.45, 2.75) is 11.8 Å². The molecule has 0 saturated heterocycles. The zero-order valence-corrected chi connectivity index (χ0v) is 10.9. The van der Waals surface area contributed by atoms with Gasteiger partial charge in [-0.3, -0.25) is 9.59 Å². The van der Waals surface area contributed by atoms with Crippen LogP contribution in [-0.4, -0.2) is 38.0 Å². The molecule has 1 aromatic rings. The van der Waals surface area contributed by atoms with Gasteiger partial charge in [-0.25, -0.2) is 8.42 Å². The smallest absolute Gasteiger partial charge is 0.243 e. The summed E-state index contributed by atoms with van der Waals surface area (Å²) in [7, 11) is -2.49. The Bertz CT molecular complexity index is 563. The van der Waals surface area contributed by atoms with Crippen LogP contribution in [0.25, 0.3) is 0 Å². The van der Waals surface area contributed by atoms with Crippen LogP contribution in [0.4, 0.5) is 0 Å². The van der Waals surface area contributed by atoms with Crippen LogP contribution >= 0.6 is 0 Å². The number of ketones is 1. The Kier molecular flexibility index (Phi) is 4.20. The zero-order chi connectivity index (χ0) is 13.9. The molecule has 7 heteroatoms. The number of likely N-dealkylation sites (N-methyl/N-ethyl adjacent to an activating group) is 1. The molecule has 1 aromatic carbocycles. The van der Waals surface area contributed by atoms with Crippen molar-refractivity contribution in [3.05, 3.63) is 29.8 Å². The van der Waals surface area contributed by atoms with Gasteiger partial charge in [-0.05, 0) is 19.1 Å². The highest BCUT2D eigenvalue weighted by Gasteiger charge is 2.21. The zero-order valence-electron chi connectivity index (χ0n) is 10.1. The van der Waals surface area contributed by atoms with E-state index < -0.39 is 22.5 Å². The Hall–Kier alpha value is -1.73. The number of benzene rings is 1. The van der Waals surface area contributed by atoms with Crippen LogP contribution in [0.15, 0.2) is 29.2 Å². The average Bonchev–Trinajstić information content (AvgIpc) is 2.28. The van der Waals surface area contributed by atoms with Crippen LogP contribution in [0.1, 0.15) is 17.3 Å². The fourth-order valence-electron chi connectivity index (χ4n) is 1.35. The van der Waals surface area contributed by atoms with Gasteiger partial charge in [-0.2, -0.15) is 4.31 Å². The summed E-state index contributed by atoms with van der Waals surface area (Å²) >= 11 is 0. The molecule has 0 aliphatic heterocycles. The van der Waals surface area contributed by atoms with Gasteiger partial charge in [0, 0.05) is 12.6 Å². The molecule has 0 aromatic heterocycles. The predicted octanol–water partition coefficient (Wildman–Crippen LogP) is -0.00500. The van der Waals surface area contributed by atoms with Crippen molar-refractivity contribution in [2.75, 3.05) is 13.6 Å². The minimum atomic E-state index is -3.76. The lowest BCUT2D eigenvalue weighted by molar-refractivity contribution is -0.118. The summed E-state index contributed by atoms with van der Waals surface area (Å²) in [5.41, 5.74) is 5.36. The van der Waals surface area contributed by atoms with Crippen LogP contribution in [0, 0.1) is 0 Å². The van der Waals surface area contributed by atoms with E-state index in [2.05, 4.69) is 0 Å². The van der Waals surface area contributed by atoms with E-state index in [1.165, 1.54) is 38.2 Å². The summed E-state index contributed by atoms with van der Waals surface area (Å²) in [6.07, 6.45) is 0. The highest BCUT2D eigenvalue weighted by Crippen LogP contribution is 2.15. The average molecular weight is 270 g/mol. The molecule has 0 unspecified atom stereocenters. The Balaban J connectivity index is 3.05. The van der Waals surface area contributed by atoms with Crippen molar-refractivity contribution in [3.8, 4) is 0 Å². The first kappa shape index (κ1) is 14.3. The minimum absolute atomic E-state index is 0.0104. The summed E-state index contributed by atoms with van der Waals surface area (Å²) < 4.78 is 24.8. The van der Waals surface area contributed by atoms with Crippen molar-refractivity contribution in [1.82, 2.24) is 4.31 Å². The molecule has 2 N–H and O–H groups in total. The van der Waals surface area contributed by atoms with Crippen molar-refractivity contribution in [2.24, 2.45) is 5.73 Å². The molecule has 0 bridgehead atoms. The second-order valence-corrected chi connectivity index (χ2v) is 5.85. The lowest BCUT2D eigenvalue weighted by Gasteiger charge is -2.15. The first-order valence-corrected chi connectivity index (χ1v) is 6.55. The number of carbonyl (C=O) groups excluding carboxylic acids is 2. The standard InChI is InChI=1S/C11H14N2O4S/c1-8(14)9-3-5-10(6-4-9)18(16,17)13(2)7-11(12)15/h3-6H,7H2,1-2H3,(H2,12,15). The Labute approximate surface area is 105 Å². The fraction of sp³-hybridized carbons (Fsp3) is 0.273. The quantitative estimate of drug-likeness (QED) is 0.761. The highest BCUT2D eigenvalue weighted by molar-refractivity contribution is 7.89. The first-order chi connectivity index (χ1) is 8.25. The molecule has 0 atom stereocenters. The SMILES string of the molecule is CC(=O)c1ccc(S(=O)(=O)N(C)CC(N)=O)cc1. The molecule has 1 rings (SSSR count). The van der Waals surface area contributed by atoms with Crippen LogP contribution in [0.5, 0.6) is 0 Å². The van der Waals surface area contributed by atoms with Gasteiger partial charge in [-0.15, -0.1) is 0 Å². The van der Waals surface area contributed by atoms with E-state index in [-0.39, 0.29) is 10.7 Å². The van der Waals surface area contributed by atoms with Crippen LogP contribution < -0.4 is 5.73 Å². The summed E-state index contributed by atoms with van der Waals surface area (Å²) in [4.78, 5) is 21.8. The Morgan fingerprint density at radius 1 is 1.22 bits per heavy atom. The molecule has 18 heavy (non-hydrogen) atoms. The first-order valence-electron chi connectivity index (χ1n) is 5.11. The molecule has 98 valence electrons. The number of rotatable bonds is 5. The lowest BCUT2D eigenvalue weighted by atomic mass is 10.2. The third kappa shape index (κ3) is 3.14. The Morgan fingerprint density at radius 2 is 1.72 bits per heavy atom. The van der Waals surface area contributed by atoms with Crippen molar-refractivity contribution < 1.29 is 18.0 Å². The number of sulfonamides is 1. The maximum Gasteiger partial charge on any atom is 0.243 e. The van der Waals surface area contributed by atoms with Gasteiger partial charge in [0.05, 0.1) is 11.4 Å². The molecule has 1 amide bonds. The molecule has 0 aliphatic rings. The third-order valence-electron chi connectivity index (χ3n) is 2.35. The summed E-state index contributed by atoms with van der Waals surface area (Å²) in [6.45, 7) is 1.000. The van der Waals surface area contributed by atoms with E-state index in [9.17, 15) is 18.0 Å². The molecular weight excluding hydrogens is 256 g/mol. The monoisotopic (exact) mass is 270 g/mol. The number of carbonyl (C=O) groups is 2. The number of nitrogens with two attached hydrogens (primary N) is 1. The molecule has 0 spiro atoms.